The van der Waals surface area contributed by atoms with Gasteiger partial charge in [-0.05, 0) is 130 Å². The van der Waals surface area contributed by atoms with Crippen molar-refractivity contribution in [3.63, 3.8) is 0 Å². The molecule has 1 aliphatic heterocycles. The average Bonchev–Trinajstić information content (AvgIpc) is 3.67. The number of aromatic amines is 1. The molecule has 14 heteroatoms. The molecule has 2 fully saturated rings. The van der Waals surface area contributed by atoms with Crippen LogP contribution in [-0.2, 0) is 22.2 Å². The van der Waals surface area contributed by atoms with Crippen molar-refractivity contribution < 1.29 is 27.6 Å². The van der Waals surface area contributed by atoms with Crippen molar-refractivity contribution in [2.45, 2.75) is 70.1 Å². The summed E-state index contributed by atoms with van der Waals surface area (Å²) in [6.07, 6.45) is 0.486. The van der Waals surface area contributed by atoms with Crippen LogP contribution in [-0.4, -0.2) is 64.6 Å². The highest BCUT2D eigenvalue weighted by atomic mass is 19.4. The quantitative estimate of drug-likeness (QED) is 0.121. The van der Waals surface area contributed by atoms with Crippen LogP contribution in [0.3, 0.4) is 0 Å². The molecular weight excluding hydrogens is 685 g/mol. The van der Waals surface area contributed by atoms with Crippen LogP contribution >= 0.6 is 0 Å². The summed E-state index contributed by atoms with van der Waals surface area (Å²) < 4.78 is 38.9. The molecule has 0 bridgehead atoms. The summed E-state index contributed by atoms with van der Waals surface area (Å²) in [4.78, 5) is 43.6. The van der Waals surface area contributed by atoms with Crippen molar-refractivity contribution >= 4 is 23.4 Å². The number of benzene rings is 3. The minimum atomic E-state index is -4.68. The van der Waals surface area contributed by atoms with Gasteiger partial charge in [-0.25, -0.2) is 4.98 Å². The van der Waals surface area contributed by atoms with Crippen molar-refractivity contribution in [1.82, 2.24) is 31.1 Å². The third kappa shape index (κ3) is 9.68. The molecule has 1 saturated carbocycles. The van der Waals surface area contributed by atoms with Gasteiger partial charge in [-0.15, -0.1) is 5.10 Å². The molecule has 1 saturated heterocycles. The van der Waals surface area contributed by atoms with Crippen LogP contribution in [0, 0.1) is 18.8 Å². The highest BCUT2D eigenvalue weighted by molar-refractivity contribution is 5.98. The van der Waals surface area contributed by atoms with E-state index in [0.29, 0.717) is 42.1 Å². The Hall–Kier alpha value is -5.08. The molecule has 6 rings (SSSR count). The van der Waals surface area contributed by atoms with E-state index >= 15 is 0 Å². The summed E-state index contributed by atoms with van der Waals surface area (Å²) in [6, 6.07) is 18.9. The molecule has 0 spiro atoms. The normalized spacial score (nSPS) is 18.6. The summed E-state index contributed by atoms with van der Waals surface area (Å²) in [5.74, 6) is -1.84. The molecule has 4 aromatic rings. The lowest BCUT2D eigenvalue weighted by Crippen LogP contribution is -2.48. The van der Waals surface area contributed by atoms with E-state index in [0.717, 1.165) is 61.0 Å². The fourth-order valence-electron chi connectivity index (χ4n) is 7.04. The number of hydrogen-bond acceptors (Lipinski definition) is 7. The highest BCUT2D eigenvalue weighted by Gasteiger charge is 2.36. The number of nitrogens with zero attached hydrogens (tertiary/aromatic N) is 2. The molecule has 2 heterocycles. The second kappa shape index (κ2) is 16.7. The first-order chi connectivity index (χ1) is 25.5. The molecule has 11 nitrogen and oxygen atoms in total. The van der Waals surface area contributed by atoms with Gasteiger partial charge in [-0.2, -0.15) is 13.2 Å². The van der Waals surface area contributed by atoms with Crippen LogP contribution in [0.1, 0.15) is 65.8 Å². The number of hydrogen-bond donors (Lipinski definition) is 6. The van der Waals surface area contributed by atoms with E-state index < -0.39 is 23.9 Å². The summed E-state index contributed by atoms with van der Waals surface area (Å²) in [5, 5.41) is 17.8. The second-order valence-electron chi connectivity index (χ2n) is 14.0. The Morgan fingerprint density at radius 1 is 0.906 bits per heavy atom. The maximum Gasteiger partial charge on any atom is 0.453 e. The molecule has 2 aliphatic rings. The Kier molecular flexibility index (Phi) is 11.9. The van der Waals surface area contributed by atoms with Crippen molar-refractivity contribution in [1.29, 1.82) is 0 Å². The van der Waals surface area contributed by atoms with E-state index in [1.807, 2.05) is 49.4 Å². The highest BCUT2D eigenvalue weighted by Crippen LogP contribution is 2.30. The van der Waals surface area contributed by atoms with Gasteiger partial charge in [0.05, 0.1) is 0 Å². The predicted octanol–water partition coefficient (Wildman–Crippen LogP) is 5.38. The van der Waals surface area contributed by atoms with Crippen LogP contribution in [0.4, 0.5) is 18.9 Å². The number of H-pyrrole nitrogens is 1. The molecule has 0 unspecified atom stereocenters. The fraction of sp³-hybridized carbons (Fsp3) is 0.410. The largest absolute Gasteiger partial charge is 0.453 e. The number of piperidine rings is 1. The van der Waals surface area contributed by atoms with E-state index in [-0.39, 0.29) is 36.0 Å². The Bertz CT molecular complexity index is 1880. The topological polar surface area (TPSA) is 167 Å². The molecule has 53 heavy (non-hydrogen) atoms. The maximum absolute atomic E-state index is 13.7. The number of nitrogens with one attached hydrogen (secondary N) is 5. The molecule has 1 atom stereocenters. The van der Waals surface area contributed by atoms with E-state index in [1.54, 1.807) is 12.1 Å². The van der Waals surface area contributed by atoms with Crippen molar-refractivity contribution in [2.75, 3.05) is 25.0 Å². The zero-order valence-corrected chi connectivity index (χ0v) is 29.6. The minimum Gasteiger partial charge on any atom is -0.349 e. The number of halogens is 3. The lowest BCUT2D eigenvalue weighted by atomic mass is 9.81. The molecular formula is C39H45F3N8O3. The summed E-state index contributed by atoms with van der Waals surface area (Å²) in [5.41, 5.74) is 10.9. The Balaban J connectivity index is 1.14. The first kappa shape index (κ1) is 37.7. The first-order valence-corrected chi connectivity index (χ1v) is 18.1. The fourth-order valence-corrected chi connectivity index (χ4v) is 7.04. The van der Waals surface area contributed by atoms with Crippen LogP contribution in [0.2, 0.25) is 0 Å². The van der Waals surface area contributed by atoms with E-state index in [4.69, 9.17) is 5.73 Å². The van der Waals surface area contributed by atoms with Crippen LogP contribution < -0.4 is 27.0 Å². The van der Waals surface area contributed by atoms with Crippen molar-refractivity contribution in [3.8, 4) is 22.5 Å². The van der Waals surface area contributed by atoms with Gasteiger partial charge >= 0.3 is 6.18 Å². The Labute approximate surface area is 306 Å². The second-order valence-corrected chi connectivity index (χ2v) is 14.0. The van der Waals surface area contributed by atoms with E-state index in [1.165, 1.54) is 12.1 Å². The standard InChI is InChI=1S/C39H45F3N8O3/c1-23-20-29(36(52)45-31-16-18-44-19-17-31)12-15-32(23)26-6-2-24(3-7-26)21-33(47-35(51)28-8-4-25(22-43)5-9-28)37(53)46-30-13-10-27(11-14-30)34-48-38(50-49-34)39(40,41)42/h2-3,6-7,10-15,20,25,28,31,33,44H,4-5,8-9,16-19,21-22,43H2,1H3,(H,45,52)(H,46,53)(H,47,51)(H,48,49,50)/t25?,28?,33-/m0/s1. The van der Waals surface area contributed by atoms with Gasteiger partial charge in [-0.1, -0.05) is 30.3 Å². The summed E-state index contributed by atoms with van der Waals surface area (Å²) in [7, 11) is 0. The van der Waals surface area contributed by atoms with Gasteiger partial charge in [0, 0.05) is 35.2 Å². The number of rotatable bonds is 11. The number of amides is 3. The molecule has 0 radical (unpaired) electrons. The zero-order valence-electron chi connectivity index (χ0n) is 29.6. The monoisotopic (exact) mass is 730 g/mol. The number of aromatic nitrogens is 3. The van der Waals surface area contributed by atoms with Gasteiger partial charge in [0.15, 0.2) is 5.82 Å². The van der Waals surface area contributed by atoms with Crippen LogP contribution in [0.15, 0.2) is 66.7 Å². The lowest BCUT2D eigenvalue weighted by molar-refractivity contribution is -0.144. The summed E-state index contributed by atoms with van der Waals surface area (Å²) >= 11 is 0. The molecule has 280 valence electrons. The third-order valence-electron chi connectivity index (χ3n) is 10.2. The Morgan fingerprint density at radius 2 is 1.58 bits per heavy atom. The van der Waals surface area contributed by atoms with Gasteiger partial charge in [0.25, 0.3) is 11.7 Å². The number of carbonyl (C=O) groups is 3. The third-order valence-corrected chi connectivity index (χ3v) is 10.2. The maximum atomic E-state index is 13.7. The number of alkyl halides is 3. The molecule has 3 amide bonds. The number of carbonyl (C=O) groups excluding carboxylic acids is 3. The lowest BCUT2D eigenvalue weighted by Gasteiger charge is -2.28. The number of anilines is 1. The predicted molar refractivity (Wildman–Crippen MR) is 196 cm³/mol. The summed E-state index contributed by atoms with van der Waals surface area (Å²) in [6.45, 7) is 4.35. The smallest absolute Gasteiger partial charge is 0.349 e. The molecule has 7 N–H and O–H groups in total. The SMILES string of the molecule is Cc1cc(C(=O)NC2CCNCC2)ccc1-c1ccc(C[C@H](NC(=O)C2CCC(CN)CC2)C(=O)Nc2ccc(-c3nc(C(F)(F)F)n[nH]3)cc2)cc1. The zero-order chi connectivity index (χ0) is 37.5. The van der Waals surface area contributed by atoms with E-state index in [2.05, 4.69) is 36.4 Å². The van der Waals surface area contributed by atoms with Gasteiger partial charge in [0.2, 0.25) is 11.8 Å². The first-order valence-electron chi connectivity index (χ1n) is 18.1. The molecule has 3 aromatic carbocycles. The van der Waals surface area contributed by atoms with Crippen molar-refractivity contribution in [3.05, 3.63) is 89.2 Å². The van der Waals surface area contributed by atoms with Crippen molar-refractivity contribution in [2.24, 2.45) is 17.6 Å². The minimum absolute atomic E-state index is 0.0580. The van der Waals surface area contributed by atoms with Crippen LogP contribution in [0.25, 0.3) is 22.5 Å². The van der Waals surface area contributed by atoms with Gasteiger partial charge < -0.3 is 27.0 Å². The average molecular weight is 731 g/mol. The van der Waals surface area contributed by atoms with E-state index in [9.17, 15) is 27.6 Å². The number of nitrogens with two attached hydrogens (primary N) is 1. The van der Waals surface area contributed by atoms with Gasteiger partial charge in [-0.3, -0.25) is 19.5 Å². The molecule has 1 aromatic heterocycles. The Morgan fingerprint density at radius 3 is 2.21 bits per heavy atom. The molecule has 1 aliphatic carbocycles. The number of aryl methyl sites for hydroxylation is 1. The van der Waals surface area contributed by atoms with Gasteiger partial charge in [0.1, 0.15) is 6.04 Å². The van der Waals surface area contributed by atoms with Crippen LogP contribution in [0.5, 0.6) is 0 Å².